The van der Waals surface area contributed by atoms with Gasteiger partial charge in [-0.1, -0.05) is 20.8 Å². The second-order valence-electron chi connectivity index (χ2n) is 5.08. The standard InChI is InChI=1S/C15H24N2O2/c1-6-15(7-2,8-3)17-13-12(14(18)19)10(4)9-11(5)16-13/h9H,6-8H2,1-5H3,(H,16,17)(H,18,19). The molecule has 2 N–H and O–H groups in total. The molecule has 0 saturated carbocycles. The van der Waals surface area contributed by atoms with Crippen LogP contribution in [-0.4, -0.2) is 21.6 Å². The number of carbonyl (C=O) groups is 1. The van der Waals surface area contributed by atoms with Crippen LogP contribution in [0, 0.1) is 13.8 Å². The van der Waals surface area contributed by atoms with Gasteiger partial charge in [0.2, 0.25) is 0 Å². The van der Waals surface area contributed by atoms with Crippen molar-refractivity contribution in [2.45, 2.75) is 59.4 Å². The minimum atomic E-state index is -0.926. The number of nitrogens with one attached hydrogen (secondary N) is 1. The molecule has 0 aliphatic heterocycles. The van der Waals surface area contributed by atoms with Crippen molar-refractivity contribution < 1.29 is 9.90 Å². The molecular formula is C15H24N2O2. The van der Waals surface area contributed by atoms with Crippen LogP contribution in [0.2, 0.25) is 0 Å². The van der Waals surface area contributed by atoms with Gasteiger partial charge in [-0.2, -0.15) is 0 Å². The van der Waals surface area contributed by atoms with Crippen molar-refractivity contribution in [3.8, 4) is 0 Å². The molecule has 0 bridgehead atoms. The first kappa shape index (κ1) is 15.5. The first-order valence-corrected chi connectivity index (χ1v) is 6.88. The monoisotopic (exact) mass is 264 g/mol. The average Bonchev–Trinajstić information content (AvgIpc) is 2.34. The molecule has 4 heteroatoms. The van der Waals surface area contributed by atoms with Crippen LogP contribution in [-0.2, 0) is 0 Å². The van der Waals surface area contributed by atoms with Crippen LogP contribution in [0.15, 0.2) is 6.07 Å². The van der Waals surface area contributed by atoms with Crippen LogP contribution >= 0.6 is 0 Å². The van der Waals surface area contributed by atoms with Crippen LogP contribution in [0.5, 0.6) is 0 Å². The number of nitrogens with zero attached hydrogens (tertiary/aromatic N) is 1. The summed E-state index contributed by atoms with van der Waals surface area (Å²) in [5.74, 6) is -0.430. The first-order chi connectivity index (χ1) is 8.89. The molecule has 19 heavy (non-hydrogen) atoms. The molecule has 106 valence electrons. The molecule has 0 aliphatic rings. The number of pyridine rings is 1. The molecule has 0 saturated heterocycles. The smallest absolute Gasteiger partial charge is 0.339 e. The third-order valence-corrected chi connectivity index (χ3v) is 3.97. The molecular weight excluding hydrogens is 240 g/mol. The number of aryl methyl sites for hydroxylation is 2. The third kappa shape index (κ3) is 3.25. The number of hydrogen-bond donors (Lipinski definition) is 2. The average molecular weight is 264 g/mol. The highest BCUT2D eigenvalue weighted by Crippen LogP contribution is 2.28. The van der Waals surface area contributed by atoms with E-state index in [9.17, 15) is 9.90 Å². The van der Waals surface area contributed by atoms with E-state index < -0.39 is 5.97 Å². The molecule has 1 rings (SSSR count). The number of carboxylic acids is 1. The Kier molecular flexibility index (Phi) is 4.92. The maximum Gasteiger partial charge on any atom is 0.339 e. The molecule has 0 atom stereocenters. The number of rotatable bonds is 6. The molecule has 0 fully saturated rings. The highest BCUT2D eigenvalue weighted by Gasteiger charge is 2.27. The Morgan fingerprint density at radius 1 is 1.26 bits per heavy atom. The molecule has 0 aromatic carbocycles. The van der Waals surface area contributed by atoms with Gasteiger partial charge in [0, 0.05) is 11.2 Å². The van der Waals surface area contributed by atoms with E-state index in [1.54, 1.807) is 6.07 Å². The minimum absolute atomic E-state index is 0.0859. The van der Waals surface area contributed by atoms with Crippen molar-refractivity contribution in [1.29, 1.82) is 0 Å². The Bertz CT molecular complexity index is 457. The highest BCUT2D eigenvalue weighted by atomic mass is 16.4. The molecule has 0 aliphatic carbocycles. The summed E-state index contributed by atoms with van der Waals surface area (Å²) < 4.78 is 0. The van der Waals surface area contributed by atoms with Gasteiger partial charge in [0.05, 0.1) is 0 Å². The summed E-state index contributed by atoms with van der Waals surface area (Å²) in [7, 11) is 0. The molecule has 4 nitrogen and oxygen atoms in total. The molecule has 1 aromatic rings. The summed E-state index contributed by atoms with van der Waals surface area (Å²) in [4.78, 5) is 15.8. The van der Waals surface area contributed by atoms with Gasteiger partial charge in [-0.25, -0.2) is 9.78 Å². The van der Waals surface area contributed by atoms with Gasteiger partial charge in [0.15, 0.2) is 0 Å². The van der Waals surface area contributed by atoms with E-state index in [1.165, 1.54) is 0 Å². The maximum absolute atomic E-state index is 11.4. The van der Waals surface area contributed by atoms with Crippen molar-refractivity contribution in [1.82, 2.24) is 4.98 Å². The van der Waals surface area contributed by atoms with Crippen LogP contribution in [0.3, 0.4) is 0 Å². The van der Waals surface area contributed by atoms with Crippen LogP contribution in [0.1, 0.15) is 61.6 Å². The highest BCUT2D eigenvalue weighted by molar-refractivity contribution is 5.95. The summed E-state index contributed by atoms with van der Waals surface area (Å²) in [5, 5.41) is 12.8. The van der Waals surface area contributed by atoms with E-state index in [2.05, 4.69) is 31.1 Å². The Morgan fingerprint density at radius 2 is 1.79 bits per heavy atom. The lowest BCUT2D eigenvalue weighted by Crippen LogP contribution is -2.37. The van der Waals surface area contributed by atoms with E-state index >= 15 is 0 Å². The van der Waals surface area contributed by atoms with Crippen molar-refractivity contribution in [3.63, 3.8) is 0 Å². The predicted molar refractivity (Wildman–Crippen MR) is 77.9 cm³/mol. The second-order valence-corrected chi connectivity index (χ2v) is 5.08. The quantitative estimate of drug-likeness (QED) is 0.820. The minimum Gasteiger partial charge on any atom is -0.478 e. The SMILES string of the molecule is CCC(CC)(CC)Nc1nc(C)cc(C)c1C(=O)O. The van der Waals surface area contributed by atoms with Gasteiger partial charge in [-0.3, -0.25) is 0 Å². The van der Waals surface area contributed by atoms with E-state index in [4.69, 9.17) is 0 Å². The van der Waals surface area contributed by atoms with Crippen LogP contribution in [0.25, 0.3) is 0 Å². The Balaban J connectivity index is 3.30. The zero-order chi connectivity index (χ0) is 14.6. The van der Waals surface area contributed by atoms with Crippen molar-refractivity contribution in [2.75, 3.05) is 5.32 Å². The van der Waals surface area contributed by atoms with Gasteiger partial charge in [-0.15, -0.1) is 0 Å². The lowest BCUT2D eigenvalue weighted by atomic mass is 9.89. The summed E-state index contributed by atoms with van der Waals surface area (Å²) in [6.07, 6.45) is 2.81. The van der Waals surface area contributed by atoms with Gasteiger partial charge in [0.1, 0.15) is 11.4 Å². The molecule has 0 radical (unpaired) electrons. The number of aromatic nitrogens is 1. The topological polar surface area (TPSA) is 62.2 Å². The second kappa shape index (κ2) is 6.04. The summed E-state index contributed by atoms with van der Waals surface area (Å²) in [6, 6.07) is 1.81. The number of carboxylic acid groups (broad SMARTS) is 1. The zero-order valence-corrected chi connectivity index (χ0v) is 12.5. The fourth-order valence-electron chi connectivity index (χ4n) is 2.46. The maximum atomic E-state index is 11.4. The predicted octanol–water partition coefficient (Wildman–Crippen LogP) is 3.78. The number of hydrogen-bond acceptors (Lipinski definition) is 3. The first-order valence-electron chi connectivity index (χ1n) is 6.88. The zero-order valence-electron chi connectivity index (χ0n) is 12.5. The van der Waals surface area contributed by atoms with E-state index in [-0.39, 0.29) is 11.1 Å². The van der Waals surface area contributed by atoms with Crippen LogP contribution in [0.4, 0.5) is 5.82 Å². The van der Waals surface area contributed by atoms with Gasteiger partial charge < -0.3 is 10.4 Å². The summed E-state index contributed by atoms with van der Waals surface area (Å²) >= 11 is 0. The lowest BCUT2D eigenvalue weighted by Gasteiger charge is -2.33. The fraction of sp³-hybridized carbons (Fsp3) is 0.600. The van der Waals surface area contributed by atoms with E-state index in [0.717, 1.165) is 30.5 Å². The van der Waals surface area contributed by atoms with Gasteiger partial charge in [-0.05, 0) is 44.7 Å². The molecule has 1 heterocycles. The van der Waals surface area contributed by atoms with Crippen molar-refractivity contribution >= 4 is 11.8 Å². The van der Waals surface area contributed by atoms with Gasteiger partial charge in [0.25, 0.3) is 0 Å². The normalized spacial score (nSPS) is 11.4. The van der Waals surface area contributed by atoms with Crippen molar-refractivity contribution in [2.24, 2.45) is 0 Å². The van der Waals surface area contributed by atoms with Crippen molar-refractivity contribution in [3.05, 3.63) is 22.9 Å². The van der Waals surface area contributed by atoms with Crippen LogP contribution < -0.4 is 5.32 Å². The lowest BCUT2D eigenvalue weighted by molar-refractivity contribution is 0.0696. The van der Waals surface area contributed by atoms with E-state index in [0.29, 0.717) is 5.82 Å². The summed E-state index contributed by atoms with van der Waals surface area (Å²) in [6.45, 7) is 10.0. The van der Waals surface area contributed by atoms with E-state index in [1.807, 2.05) is 13.8 Å². The third-order valence-electron chi connectivity index (χ3n) is 3.97. The summed E-state index contributed by atoms with van der Waals surface area (Å²) in [5.41, 5.74) is 1.78. The number of anilines is 1. The Labute approximate surface area is 115 Å². The molecule has 0 spiro atoms. The Morgan fingerprint density at radius 3 is 2.21 bits per heavy atom. The largest absolute Gasteiger partial charge is 0.478 e. The number of aromatic carboxylic acids is 1. The fourth-order valence-corrected chi connectivity index (χ4v) is 2.46. The van der Waals surface area contributed by atoms with Gasteiger partial charge >= 0.3 is 5.97 Å². The Hall–Kier alpha value is -1.58. The molecule has 0 amide bonds. The molecule has 0 unspecified atom stereocenters. The molecule has 1 aromatic heterocycles.